The topological polar surface area (TPSA) is 52.3 Å². The minimum atomic E-state index is -4.86. The Balaban J connectivity index is 3.09. The minimum absolute atomic E-state index is 0.127. The summed E-state index contributed by atoms with van der Waals surface area (Å²) >= 11 is 0. The molecule has 0 radical (unpaired) electrons. The number of carbonyl (C=O) groups excluding carboxylic acids is 1. The van der Waals surface area contributed by atoms with Gasteiger partial charge in [0.05, 0.1) is 18.2 Å². The van der Waals surface area contributed by atoms with Gasteiger partial charge in [-0.2, -0.15) is 13.2 Å². The van der Waals surface area contributed by atoms with Crippen LogP contribution in [0.15, 0.2) is 18.2 Å². The van der Waals surface area contributed by atoms with Gasteiger partial charge in [0.25, 0.3) is 0 Å². The number of hydrogen-bond donors (Lipinski definition) is 1. The average Bonchev–Trinajstić information content (AvgIpc) is 2.27. The fraction of sp³-hybridized carbons (Fsp3) is 0.364. The second-order valence-electron chi connectivity index (χ2n) is 3.62. The second kappa shape index (κ2) is 5.45. The van der Waals surface area contributed by atoms with Gasteiger partial charge in [-0.05, 0) is 18.2 Å². The number of alkyl halides is 3. The molecular formula is C11H11F4NO2. The van der Waals surface area contributed by atoms with Crippen molar-refractivity contribution in [3.05, 3.63) is 35.1 Å². The molecule has 0 saturated heterocycles. The predicted molar refractivity (Wildman–Crippen MR) is 55.6 cm³/mol. The van der Waals surface area contributed by atoms with E-state index in [0.717, 1.165) is 6.07 Å². The van der Waals surface area contributed by atoms with Gasteiger partial charge in [-0.1, -0.05) is 0 Å². The lowest BCUT2D eigenvalue weighted by Crippen LogP contribution is -2.35. The van der Waals surface area contributed by atoms with Crippen LogP contribution in [0.25, 0.3) is 0 Å². The van der Waals surface area contributed by atoms with E-state index in [4.69, 9.17) is 5.73 Å². The van der Waals surface area contributed by atoms with Gasteiger partial charge >= 0.3 is 6.18 Å². The Morgan fingerprint density at radius 2 is 2.06 bits per heavy atom. The Hall–Kier alpha value is -1.47. The van der Waals surface area contributed by atoms with Gasteiger partial charge in [0.2, 0.25) is 0 Å². The molecule has 1 rings (SSSR count). The molecule has 3 nitrogen and oxygen atoms in total. The van der Waals surface area contributed by atoms with Crippen molar-refractivity contribution in [2.24, 2.45) is 5.73 Å². The highest BCUT2D eigenvalue weighted by atomic mass is 19.4. The third-order valence-corrected chi connectivity index (χ3v) is 2.24. The Morgan fingerprint density at radius 1 is 1.44 bits per heavy atom. The Labute approximate surface area is 101 Å². The molecule has 1 aromatic carbocycles. The summed E-state index contributed by atoms with van der Waals surface area (Å²) in [5.74, 6) is -2.17. The van der Waals surface area contributed by atoms with Crippen molar-refractivity contribution in [3.63, 3.8) is 0 Å². The third kappa shape index (κ3) is 3.27. The normalized spacial score (nSPS) is 13.4. The monoisotopic (exact) mass is 265 g/mol. The van der Waals surface area contributed by atoms with Crippen LogP contribution in [0, 0.1) is 5.82 Å². The van der Waals surface area contributed by atoms with Crippen LogP contribution < -0.4 is 5.73 Å². The third-order valence-electron chi connectivity index (χ3n) is 2.24. The highest BCUT2D eigenvalue weighted by molar-refractivity contribution is 6.00. The lowest BCUT2D eigenvalue weighted by atomic mass is 10.0. The van der Waals surface area contributed by atoms with Crippen LogP contribution in [0.4, 0.5) is 17.6 Å². The molecule has 0 aliphatic heterocycles. The maximum Gasteiger partial charge on any atom is 0.419 e. The van der Waals surface area contributed by atoms with Crippen LogP contribution in [-0.2, 0) is 10.9 Å². The molecule has 7 heteroatoms. The molecule has 0 aromatic heterocycles. The predicted octanol–water partition coefficient (Wildman–Crippen LogP) is 2.00. The first-order valence-corrected chi connectivity index (χ1v) is 4.93. The summed E-state index contributed by atoms with van der Waals surface area (Å²) in [4.78, 5) is 11.6. The van der Waals surface area contributed by atoms with Gasteiger partial charge in [0.15, 0.2) is 5.78 Å². The van der Waals surface area contributed by atoms with Gasteiger partial charge in [-0.25, -0.2) is 4.39 Å². The number of halogens is 4. The molecular weight excluding hydrogens is 254 g/mol. The maximum absolute atomic E-state index is 13.0. The lowest BCUT2D eigenvalue weighted by molar-refractivity contribution is -0.140. The molecule has 0 aliphatic carbocycles. The zero-order valence-corrected chi connectivity index (χ0v) is 9.42. The molecule has 100 valence electrons. The maximum atomic E-state index is 13.0. The number of nitrogens with two attached hydrogens (primary N) is 1. The molecule has 1 aromatic rings. The zero-order chi connectivity index (χ0) is 13.9. The van der Waals surface area contributed by atoms with Crippen molar-refractivity contribution in [1.82, 2.24) is 0 Å². The van der Waals surface area contributed by atoms with Crippen molar-refractivity contribution in [2.75, 3.05) is 13.7 Å². The molecule has 0 fully saturated rings. The number of benzene rings is 1. The van der Waals surface area contributed by atoms with E-state index in [1.807, 2.05) is 0 Å². The Morgan fingerprint density at radius 3 is 2.56 bits per heavy atom. The second-order valence-corrected chi connectivity index (χ2v) is 3.62. The van der Waals surface area contributed by atoms with Crippen LogP contribution in [0.3, 0.4) is 0 Å². The summed E-state index contributed by atoms with van der Waals surface area (Å²) in [5, 5.41) is 0. The molecule has 0 heterocycles. The highest BCUT2D eigenvalue weighted by Gasteiger charge is 2.35. The van der Waals surface area contributed by atoms with Crippen LogP contribution in [0.5, 0.6) is 0 Å². The number of methoxy groups -OCH3 is 1. The Bertz CT molecular complexity index is 445. The van der Waals surface area contributed by atoms with E-state index < -0.39 is 29.4 Å². The van der Waals surface area contributed by atoms with E-state index >= 15 is 0 Å². The molecule has 0 amide bonds. The van der Waals surface area contributed by atoms with E-state index in [0.29, 0.717) is 12.1 Å². The molecule has 2 N–H and O–H groups in total. The number of ether oxygens (including phenoxy) is 1. The largest absolute Gasteiger partial charge is 0.419 e. The fourth-order valence-electron chi connectivity index (χ4n) is 1.37. The van der Waals surface area contributed by atoms with E-state index in [9.17, 15) is 22.4 Å². The van der Waals surface area contributed by atoms with Crippen molar-refractivity contribution in [2.45, 2.75) is 12.2 Å². The Kier molecular flexibility index (Phi) is 4.42. The molecule has 0 saturated carbocycles. The van der Waals surface area contributed by atoms with Gasteiger partial charge in [-0.15, -0.1) is 0 Å². The van der Waals surface area contributed by atoms with Crippen LogP contribution in [-0.4, -0.2) is 25.5 Å². The number of hydrogen-bond acceptors (Lipinski definition) is 3. The summed E-state index contributed by atoms with van der Waals surface area (Å²) in [5.41, 5.74) is 3.62. The van der Waals surface area contributed by atoms with E-state index in [1.165, 1.54) is 7.11 Å². The number of rotatable bonds is 4. The first kappa shape index (κ1) is 14.6. The van der Waals surface area contributed by atoms with Crippen LogP contribution in [0.2, 0.25) is 0 Å². The van der Waals surface area contributed by atoms with Gasteiger partial charge in [0, 0.05) is 12.7 Å². The SMILES string of the molecule is COCC(N)C(=O)c1ccc(F)c(C(F)(F)F)c1. The minimum Gasteiger partial charge on any atom is -0.383 e. The van der Waals surface area contributed by atoms with Crippen molar-refractivity contribution >= 4 is 5.78 Å². The molecule has 1 atom stereocenters. The van der Waals surface area contributed by atoms with Gasteiger partial charge < -0.3 is 10.5 Å². The first-order chi connectivity index (χ1) is 8.27. The number of ketones is 1. The summed E-state index contributed by atoms with van der Waals surface area (Å²) in [7, 11) is 1.30. The smallest absolute Gasteiger partial charge is 0.383 e. The molecule has 0 bridgehead atoms. The molecule has 0 aliphatic rings. The standard InChI is InChI=1S/C11H11F4NO2/c1-18-5-9(16)10(17)6-2-3-8(12)7(4-6)11(13,14)15/h2-4,9H,5,16H2,1H3. The summed E-state index contributed by atoms with van der Waals surface area (Å²) in [6.07, 6.45) is -4.86. The molecule has 18 heavy (non-hydrogen) atoms. The van der Waals surface area contributed by atoms with Crippen LogP contribution in [0.1, 0.15) is 15.9 Å². The summed E-state index contributed by atoms with van der Waals surface area (Å²) < 4.78 is 54.9. The number of carbonyl (C=O) groups is 1. The lowest BCUT2D eigenvalue weighted by Gasteiger charge is -2.12. The summed E-state index contributed by atoms with van der Waals surface area (Å²) in [6.45, 7) is -0.127. The van der Waals surface area contributed by atoms with Crippen molar-refractivity contribution in [1.29, 1.82) is 0 Å². The van der Waals surface area contributed by atoms with E-state index in [-0.39, 0.29) is 12.2 Å². The zero-order valence-electron chi connectivity index (χ0n) is 9.42. The van der Waals surface area contributed by atoms with Gasteiger partial charge in [0.1, 0.15) is 5.82 Å². The molecule has 0 spiro atoms. The summed E-state index contributed by atoms with van der Waals surface area (Å²) in [6, 6.07) is 0.923. The number of Topliss-reactive ketones (excluding diaryl/α,β-unsaturated/α-hetero) is 1. The van der Waals surface area contributed by atoms with E-state index in [1.54, 1.807) is 0 Å². The first-order valence-electron chi connectivity index (χ1n) is 4.93. The molecule has 1 unspecified atom stereocenters. The highest BCUT2D eigenvalue weighted by Crippen LogP contribution is 2.32. The van der Waals surface area contributed by atoms with Crippen molar-refractivity contribution < 1.29 is 27.1 Å². The average molecular weight is 265 g/mol. The van der Waals surface area contributed by atoms with Crippen LogP contribution >= 0.6 is 0 Å². The fourth-order valence-corrected chi connectivity index (χ4v) is 1.37. The van der Waals surface area contributed by atoms with E-state index in [2.05, 4.69) is 4.74 Å². The van der Waals surface area contributed by atoms with Crippen molar-refractivity contribution in [3.8, 4) is 0 Å². The quantitative estimate of drug-likeness (QED) is 0.669. The van der Waals surface area contributed by atoms with Gasteiger partial charge in [-0.3, -0.25) is 4.79 Å².